The van der Waals surface area contributed by atoms with Crippen molar-refractivity contribution in [3.8, 4) is 0 Å². The molecule has 0 N–H and O–H groups in total. The molecule has 1 aromatic heterocycles. The van der Waals surface area contributed by atoms with E-state index in [1.165, 1.54) is 4.90 Å². The summed E-state index contributed by atoms with van der Waals surface area (Å²) in [6.07, 6.45) is 2.65. The van der Waals surface area contributed by atoms with Crippen molar-refractivity contribution >= 4 is 23.4 Å². The van der Waals surface area contributed by atoms with Crippen LogP contribution in [0.5, 0.6) is 0 Å². The Balaban J connectivity index is 1.41. The number of aromatic nitrogens is 2. The van der Waals surface area contributed by atoms with Gasteiger partial charge in [0.05, 0.1) is 18.6 Å². The summed E-state index contributed by atoms with van der Waals surface area (Å²) in [6, 6.07) is 7.41. The number of hydrogen-bond donors (Lipinski definition) is 0. The van der Waals surface area contributed by atoms with Crippen molar-refractivity contribution in [3.05, 3.63) is 51.8 Å². The molecule has 2 amide bonds. The lowest BCUT2D eigenvalue weighted by atomic mass is 9.83. The lowest BCUT2D eigenvalue weighted by molar-refractivity contribution is -0.140. The van der Waals surface area contributed by atoms with Crippen LogP contribution in [-0.4, -0.2) is 64.2 Å². The molecule has 1 spiro atoms. The quantitative estimate of drug-likeness (QED) is 0.750. The van der Waals surface area contributed by atoms with E-state index in [0.29, 0.717) is 43.3 Å². The van der Waals surface area contributed by atoms with Crippen LogP contribution in [0, 0.1) is 0 Å². The van der Waals surface area contributed by atoms with Gasteiger partial charge < -0.3 is 14.5 Å². The molecule has 0 radical (unpaired) electrons. The van der Waals surface area contributed by atoms with E-state index >= 15 is 0 Å². The molecule has 0 unspecified atom stereocenters. The van der Waals surface area contributed by atoms with E-state index in [1.54, 1.807) is 14.1 Å². The van der Waals surface area contributed by atoms with Crippen molar-refractivity contribution < 1.29 is 14.3 Å². The molecule has 2 aliphatic heterocycles. The van der Waals surface area contributed by atoms with Gasteiger partial charge >= 0.3 is 0 Å². The molecule has 0 saturated carbocycles. The summed E-state index contributed by atoms with van der Waals surface area (Å²) < 4.78 is 8.11. The second-order valence-corrected chi connectivity index (χ2v) is 8.87. The SMILES string of the molecule is CN(C)C(=O)c1nn(C)c2c1COC1(CCN(C(=O)Cc3ccc(Cl)cc3)CC1)C2. The van der Waals surface area contributed by atoms with Gasteiger partial charge in [0, 0.05) is 56.9 Å². The van der Waals surface area contributed by atoms with Gasteiger partial charge in [-0.1, -0.05) is 23.7 Å². The smallest absolute Gasteiger partial charge is 0.274 e. The highest BCUT2D eigenvalue weighted by Gasteiger charge is 2.42. The van der Waals surface area contributed by atoms with Gasteiger partial charge in [-0.15, -0.1) is 0 Å². The molecule has 30 heavy (non-hydrogen) atoms. The van der Waals surface area contributed by atoms with Crippen molar-refractivity contribution in [3.63, 3.8) is 0 Å². The monoisotopic (exact) mass is 430 g/mol. The highest BCUT2D eigenvalue weighted by atomic mass is 35.5. The molecule has 8 heteroatoms. The Bertz CT molecular complexity index is 960. The number of rotatable bonds is 3. The van der Waals surface area contributed by atoms with E-state index in [2.05, 4.69) is 5.10 Å². The van der Waals surface area contributed by atoms with Crippen LogP contribution < -0.4 is 0 Å². The minimum Gasteiger partial charge on any atom is -0.370 e. The van der Waals surface area contributed by atoms with Gasteiger partial charge in [-0.2, -0.15) is 5.10 Å². The number of hydrogen-bond acceptors (Lipinski definition) is 4. The summed E-state index contributed by atoms with van der Waals surface area (Å²) in [6.45, 7) is 1.73. The predicted molar refractivity (Wildman–Crippen MR) is 113 cm³/mol. The molecule has 2 aliphatic rings. The number of ether oxygens (including phenoxy) is 1. The Labute approximate surface area is 181 Å². The van der Waals surface area contributed by atoms with Crippen molar-refractivity contribution in [1.82, 2.24) is 19.6 Å². The third-order valence-corrected chi connectivity index (χ3v) is 6.44. The van der Waals surface area contributed by atoms with Gasteiger partial charge in [0.2, 0.25) is 5.91 Å². The lowest BCUT2D eigenvalue weighted by Gasteiger charge is -2.44. The number of nitrogens with zero attached hydrogens (tertiary/aromatic N) is 4. The van der Waals surface area contributed by atoms with E-state index < -0.39 is 0 Å². The molecule has 160 valence electrons. The molecule has 4 rings (SSSR count). The Hall–Kier alpha value is -2.38. The van der Waals surface area contributed by atoms with E-state index in [-0.39, 0.29) is 17.4 Å². The average molecular weight is 431 g/mol. The first-order valence-electron chi connectivity index (χ1n) is 10.2. The zero-order valence-corrected chi connectivity index (χ0v) is 18.4. The molecule has 2 aromatic rings. The second-order valence-electron chi connectivity index (χ2n) is 8.43. The number of carbonyl (C=O) groups excluding carboxylic acids is 2. The van der Waals surface area contributed by atoms with Crippen molar-refractivity contribution in [2.24, 2.45) is 7.05 Å². The molecular formula is C22H27ClN4O3. The Kier molecular flexibility index (Phi) is 5.59. The van der Waals surface area contributed by atoms with Crippen LogP contribution in [-0.2, 0) is 36.0 Å². The number of benzene rings is 1. The van der Waals surface area contributed by atoms with Gasteiger partial charge in [0.15, 0.2) is 5.69 Å². The van der Waals surface area contributed by atoms with Crippen molar-refractivity contribution in [2.75, 3.05) is 27.2 Å². The molecule has 0 bridgehead atoms. The van der Waals surface area contributed by atoms with Crippen LogP contribution in [0.4, 0.5) is 0 Å². The molecular weight excluding hydrogens is 404 g/mol. The summed E-state index contributed by atoms with van der Waals surface area (Å²) in [5.41, 5.74) is 3.10. The van der Waals surface area contributed by atoms with E-state index in [0.717, 1.165) is 29.7 Å². The molecule has 7 nitrogen and oxygen atoms in total. The number of likely N-dealkylation sites (tertiary alicyclic amines) is 1. The molecule has 3 heterocycles. The molecule has 1 aromatic carbocycles. The summed E-state index contributed by atoms with van der Waals surface area (Å²) in [5.74, 6) is 0.0251. The van der Waals surface area contributed by atoms with Crippen LogP contribution >= 0.6 is 11.6 Å². The highest BCUT2D eigenvalue weighted by molar-refractivity contribution is 6.30. The molecule has 0 atom stereocenters. The number of piperidine rings is 1. The predicted octanol–water partition coefficient (Wildman–Crippen LogP) is 2.45. The lowest BCUT2D eigenvalue weighted by Crippen LogP contribution is -2.51. The molecule has 1 saturated heterocycles. The van der Waals surface area contributed by atoms with Gasteiger partial charge in [-0.05, 0) is 30.5 Å². The fourth-order valence-corrected chi connectivity index (χ4v) is 4.44. The average Bonchev–Trinajstić information content (AvgIpc) is 3.05. The first-order valence-corrected chi connectivity index (χ1v) is 10.6. The first-order chi connectivity index (χ1) is 14.3. The fourth-order valence-electron chi connectivity index (χ4n) is 4.31. The van der Waals surface area contributed by atoms with Crippen LogP contribution in [0.1, 0.15) is 40.2 Å². The summed E-state index contributed by atoms with van der Waals surface area (Å²) >= 11 is 5.92. The Morgan fingerprint density at radius 1 is 1.20 bits per heavy atom. The van der Waals surface area contributed by atoms with Crippen LogP contribution in [0.2, 0.25) is 5.02 Å². The molecule has 0 aliphatic carbocycles. The maximum absolute atomic E-state index is 12.7. The van der Waals surface area contributed by atoms with E-state index in [1.807, 2.05) is 40.9 Å². The van der Waals surface area contributed by atoms with Crippen LogP contribution in [0.15, 0.2) is 24.3 Å². The van der Waals surface area contributed by atoms with Crippen LogP contribution in [0.3, 0.4) is 0 Å². The minimum atomic E-state index is -0.295. The molecule has 1 fully saturated rings. The number of aryl methyl sites for hydroxylation is 1. The number of amides is 2. The van der Waals surface area contributed by atoms with Crippen LogP contribution in [0.25, 0.3) is 0 Å². The zero-order valence-electron chi connectivity index (χ0n) is 17.7. The van der Waals surface area contributed by atoms with E-state index in [4.69, 9.17) is 16.3 Å². The van der Waals surface area contributed by atoms with Gasteiger partial charge in [0.25, 0.3) is 5.91 Å². The second kappa shape index (κ2) is 8.04. The summed E-state index contributed by atoms with van der Waals surface area (Å²) in [7, 11) is 5.34. The number of halogens is 1. The maximum Gasteiger partial charge on any atom is 0.274 e. The normalized spacial score (nSPS) is 17.7. The first kappa shape index (κ1) is 20.9. The van der Waals surface area contributed by atoms with Gasteiger partial charge in [-0.25, -0.2) is 0 Å². The van der Waals surface area contributed by atoms with Gasteiger partial charge in [-0.3, -0.25) is 14.3 Å². The van der Waals surface area contributed by atoms with Gasteiger partial charge in [0.1, 0.15) is 0 Å². The number of fused-ring (bicyclic) bond motifs is 1. The largest absolute Gasteiger partial charge is 0.370 e. The zero-order chi connectivity index (χ0) is 21.5. The van der Waals surface area contributed by atoms with Crippen molar-refractivity contribution in [2.45, 2.75) is 37.9 Å². The third-order valence-electron chi connectivity index (χ3n) is 6.19. The van der Waals surface area contributed by atoms with E-state index in [9.17, 15) is 9.59 Å². The topological polar surface area (TPSA) is 67.7 Å². The Morgan fingerprint density at radius 3 is 2.50 bits per heavy atom. The number of carbonyl (C=O) groups is 2. The highest BCUT2D eigenvalue weighted by Crippen LogP contribution is 2.37. The fraction of sp³-hybridized carbons (Fsp3) is 0.500. The Morgan fingerprint density at radius 2 is 1.87 bits per heavy atom. The minimum absolute atomic E-state index is 0.103. The maximum atomic E-state index is 12.7. The third kappa shape index (κ3) is 3.96. The standard InChI is InChI=1S/C22H27ClN4O3/c1-25(2)21(29)20-17-14-30-22(13-18(17)26(3)24-20)8-10-27(11-9-22)19(28)12-15-4-6-16(23)7-5-15/h4-7H,8-14H2,1-3H3. The summed E-state index contributed by atoms with van der Waals surface area (Å²) in [5, 5.41) is 5.13. The van der Waals surface area contributed by atoms with Crippen molar-refractivity contribution in [1.29, 1.82) is 0 Å². The summed E-state index contributed by atoms with van der Waals surface area (Å²) in [4.78, 5) is 28.6.